The van der Waals surface area contributed by atoms with E-state index in [1.54, 1.807) is 0 Å². The monoisotopic (exact) mass is 213 g/mol. The maximum absolute atomic E-state index is 10.8. The second-order valence-electron chi connectivity index (χ2n) is 2.80. The lowest BCUT2D eigenvalue weighted by Gasteiger charge is -1.95. The third-order valence-corrected chi connectivity index (χ3v) is 1.25. The van der Waals surface area contributed by atoms with Crippen LogP contribution in [0.1, 0.15) is 33.6 Å². The third kappa shape index (κ3) is 14.0. The molecule has 0 spiro atoms. The molecule has 0 bridgehead atoms. The van der Waals surface area contributed by atoms with Crippen molar-refractivity contribution in [1.29, 1.82) is 0 Å². The van der Waals surface area contributed by atoms with Gasteiger partial charge in [0.1, 0.15) is 0 Å². The van der Waals surface area contributed by atoms with Gasteiger partial charge in [0.25, 0.3) is 0 Å². The van der Waals surface area contributed by atoms with Crippen LogP contribution in [-0.2, 0) is 4.79 Å². The van der Waals surface area contributed by atoms with E-state index in [0.29, 0.717) is 6.92 Å². The van der Waals surface area contributed by atoms with Crippen molar-refractivity contribution in [2.45, 2.75) is 39.8 Å². The van der Waals surface area contributed by atoms with E-state index >= 15 is 0 Å². The van der Waals surface area contributed by atoms with Crippen LogP contribution in [-0.4, -0.2) is 25.0 Å². The quantitative estimate of drug-likeness (QED) is 0.727. The van der Waals surface area contributed by atoms with Gasteiger partial charge in [-0.25, -0.2) is 0 Å². The minimum Gasteiger partial charge on any atom is -0.317 e. The Hall–Kier alpha value is -0.580. The van der Waals surface area contributed by atoms with Crippen LogP contribution in [0.5, 0.6) is 0 Å². The van der Waals surface area contributed by atoms with Crippen LogP contribution < -0.4 is 5.32 Å². The summed E-state index contributed by atoms with van der Waals surface area (Å²) >= 11 is 0. The van der Waals surface area contributed by atoms with Gasteiger partial charge < -0.3 is 5.32 Å². The van der Waals surface area contributed by atoms with E-state index in [-0.39, 0.29) is 0 Å². The van der Waals surface area contributed by atoms with Gasteiger partial charge in [0.15, 0.2) is 0 Å². The smallest absolute Gasteiger partial charge is 0.317 e. The first-order valence-electron chi connectivity index (χ1n) is 4.64. The zero-order chi connectivity index (χ0) is 11.6. The number of halogens is 3. The molecule has 14 heavy (non-hydrogen) atoms. The molecule has 0 aromatic carbocycles. The SMILES string of the molecule is CC(=O)C(F)(F)F.CCCNCCC. The second kappa shape index (κ2) is 8.99. The van der Waals surface area contributed by atoms with Crippen LogP contribution in [0.25, 0.3) is 0 Å². The molecule has 0 aromatic heterocycles. The summed E-state index contributed by atoms with van der Waals surface area (Å²) in [4.78, 5) is 9.34. The van der Waals surface area contributed by atoms with Gasteiger partial charge >= 0.3 is 6.18 Å². The first-order valence-corrected chi connectivity index (χ1v) is 4.64. The number of Topliss-reactive ketones (excluding diaryl/α,β-unsaturated/α-hetero) is 1. The van der Waals surface area contributed by atoms with Crippen molar-refractivity contribution in [3.63, 3.8) is 0 Å². The topological polar surface area (TPSA) is 29.1 Å². The highest BCUT2D eigenvalue weighted by Crippen LogP contribution is 2.14. The van der Waals surface area contributed by atoms with Crippen molar-refractivity contribution in [1.82, 2.24) is 5.32 Å². The maximum Gasteiger partial charge on any atom is 0.449 e. The van der Waals surface area contributed by atoms with Crippen molar-refractivity contribution in [3.8, 4) is 0 Å². The van der Waals surface area contributed by atoms with Gasteiger partial charge in [0.2, 0.25) is 5.78 Å². The fourth-order valence-electron chi connectivity index (χ4n) is 0.479. The molecular formula is C9H18F3NO. The van der Waals surface area contributed by atoms with Gasteiger partial charge in [-0.1, -0.05) is 13.8 Å². The molecule has 0 saturated carbocycles. The molecule has 0 rings (SSSR count). The fourth-order valence-corrected chi connectivity index (χ4v) is 0.479. The zero-order valence-corrected chi connectivity index (χ0v) is 8.87. The van der Waals surface area contributed by atoms with Crippen molar-refractivity contribution >= 4 is 5.78 Å². The van der Waals surface area contributed by atoms with E-state index in [4.69, 9.17) is 0 Å². The lowest BCUT2D eigenvalue weighted by Crippen LogP contribution is -2.18. The van der Waals surface area contributed by atoms with E-state index < -0.39 is 12.0 Å². The summed E-state index contributed by atoms with van der Waals surface area (Å²) in [5.74, 6) is -1.76. The Kier molecular flexibility index (Phi) is 10.2. The molecule has 0 aromatic rings. The standard InChI is InChI=1S/C6H15N.C3H3F3O/c1-3-5-7-6-4-2;1-2(7)3(4,5)6/h7H,3-6H2,1-2H3;1H3. The number of hydrogen-bond donors (Lipinski definition) is 1. The van der Waals surface area contributed by atoms with Crippen molar-refractivity contribution < 1.29 is 18.0 Å². The van der Waals surface area contributed by atoms with E-state index in [1.807, 2.05) is 0 Å². The molecule has 0 fully saturated rings. The summed E-state index contributed by atoms with van der Waals surface area (Å²) in [5.41, 5.74) is 0. The van der Waals surface area contributed by atoms with Gasteiger partial charge in [-0.15, -0.1) is 0 Å². The van der Waals surface area contributed by atoms with Crippen LogP contribution in [0.15, 0.2) is 0 Å². The number of hydrogen-bond acceptors (Lipinski definition) is 2. The van der Waals surface area contributed by atoms with Crippen LogP contribution in [0.3, 0.4) is 0 Å². The molecule has 5 heteroatoms. The summed E-state index contributed by atoms with van der Waals surface area (Å²) < 4.78 is 32.5. The van der Waals surface area contributed by atoms with E-state index in [9.17, 15) is 18.0 Å². The second-order valence-corrected chi connectivity index (χ2v) is 2.80. The molecule has 2 nitrogen and oxygen atoms in total. The van der Waals surface area contributed by atoms with Crippen LogP contribution in [0, 0.1) is 0 Å². The Labute approximate surface area is 82.9 Å². The summed E-state index contributed by atoms with van der Waals surface area (Å²) in [6.07, 6.45) is -2.14. The summed E-state index contributed by atoms with van der Waals surface area (Å²) in [6, 6.07) is 0. The number of nitrogens with one attached hydrogen (secondary N) is 1. The van der Waals surface area contributed by atoms with E-state index in [1.165, 1.54) is 25.9 Å². The average Bonchev–Trinajstić information content (AvgIpc) is 2.05. The highest BCUT2D eigenvalue weighted by Gasteiger charge is 2.33. The normalized spacial score (nSPS) is 10.4. The molecule has 0 aliphatic carbocycles. The average molecular weight is 213 g/mol. The lowest BCUT2D eigenvalue weighted by molar-refractivity contribution is -0.168. The Bertz CT molecular complexity index is 141. The van der Waals surface area contributed by atoms with Crippen LogP contribution in [0.2, 0.25) is 0 Å². The van der Waals surface area contributed by atoms with Crippen molar-refractivity contribution in [2.75, 3.05) is 13.1 Å². The summed E-state index contributed by atoms with van der Waals surface area (Å²) in [7, 11) is 0. The highest BCUT2D eigenvalue weighted by atomic mass is 19.4. The van der Waals surface area contributed by atoms with Gasteiger partial charge in [0.05, 0.1) is 0 Å². The first-order chi connectivity index (χ1) is 6.36. The molecule has 0 aliphatic heterocycles. The maximum atomic E-state index is 10.8. The molecule has 0 saturated heterocycles. The van der Waals surface area contributed by atoms with Crippen molar-refractivity contribution in [3.05, 3.63) is 0 Å². The largest absolute Gasteiger partial charge is 0.449 e. The predicted octanol–water partition coefficient (Wildman–Crippen LogP) is 2.53. The molecule has 0 amide bonds. The minimum atomic E-state index is -4.64. The minimum absolute atomic E-state index is 0.486. The molecule has 0 unspecified atom stereocenters. The molecular weight excluding hydrogens is 195 g/mol. The van der Waals surface area contributed by atoms with E-state index in [0.717, 1.165) is 0 Å². The Morgan fingerprint density at radius 1 is 1.14 bits per heavy atom. The van der Waals surface area contributed by atoms with Crippen LogP contribution in [0.4, 0.5) is 13.2 Å². The number of ketones is 1. The van der Waals surface area contributed by atoms with Gasteiger partial charge in [-0.3, -0.25) is 4.79 Å². The van der Waals surface area contributed by atoms with Crippen LogP contribution >= 0.6 is 0 Å². The molecule has 1 N–H and O–H groups in total. The van der Waals surface area contributed by atoms with Gasteiger partial charge in [-0.05, 0) is 25.9 Å². The van der Waals surface area contributed by atoms with Gasteiger partial charge in [0, 0.05) is 6.92 Å². The zero-order valence-electron chi connectivity index (χ0n) is 8.87. The first kappa shape index (κ1) is 15.9. The Balaban J connectivity index is 0. The number of alkyl halides is 3. The Morgan fingerprint density at radius 2 is 1.43 bits per heavy atom. The molecule has 0 heterocycles. The highest BCUT2D eigenvalue weighted by molar-refractivity contribution is 5.81. The Morgan fingerprint density at radius 3 is 1.57 bits per heavy atom. The van der Waals surface area contributed by atoms with Crippen molar-refractivity contribution in [2.24, 2.45) is 0 Å². The number of rotatable bonds is 4. The molecule has 86 valence electrons. The fraction of sp³-hybridized carbons (Fsp3) is 0.889. The van der Waals surface area contributed by atoms with Gasteiger partial charge in [-0.2, -0.15) is 13.2 Å². The predicted molar refractivity (Wildman–Crippen MR) is 50.2 cm³/mol. The summed E-state index contributed by atoms with van der Waals surface area (Å²) in [5, 5.41) is 3.28. The van der Waals surface area contributed by atoms with E-state index in [2.05, 4.69) is 19.2 Å². The number of carbonyl (C=O) groups excluding carboxylic acids is 1. The number of carbonyl (C=O) groups is 1. The third-order valence-electron chi connectivity index (χ3n) is 1.25. The summed E-state index contributed by atoms with van der Waals surface area (Å²) in [6.45, 7) is 7.20. The molecule has 0 atom stereocenters. The molecule has 0 radical (unpaired) electrons. The lowest BCUT2D eigenvalue weighted by atomic mass is 10.4. The molecule has 0 aliphatic rings.